The van der Waals surface area contributed by atoms with Gasteiger partial charge in [0.1, 0.15) is 0 Å². The van der Waals surface area contributed by atoms with Crippen LogP contribution >= 0.6 is 11.6 Å². The van der Waals surface area contributed by atoms with Gasteiger partial charge in [-0.25, -0.2) is 0 Å². The first kappa shape index (κ1) is 15.0. The quantitative estimate of drug-likeness (QED) is 0.773. The predicted molar refractivity (Wildman–Crippen MR) is 87.9 cm³/mol. The van der Waals surface area contributed by atoms with E-state index in [1.165, 1.54) is 12.8 Å². The van der Waals surface area contributed by atoms with Gasteiger partial charge in [0.2, 0.25) is 0 Å². The molecule has 2 nitrogen and oxygen atoms in total. The standard InChI is InChI=1S/C19H25ClO2/c1-3-19(4-2)15-10-13-9-14(15)18(22-19)17(13)21-11-12-7-5-6-8-16(12)20/h5-8,13-15,17-18H,3-4,9-11H2,1-2H3. The van der Waals surface area contributed by atoms with Gasteiger partial charge in [0, 0.05) is 5.02 Å². The van der Waals surface area contributed by atoms with Gasteiger partial charge in [-0.15, -0.1) is 0 Å². The van der Waals surface area contributed by atoms with E-state index in [4.69, 9.17) is 21.1 Å². The highest BCUT2D eigenvalue weighted by Crippen LogP contribution is 2.62. The molecular formula is C19H25ClO2. The fourth-order valence-corrected chi connectivity index (χ4v) is 5.54. The van der Waals surface area contributed by atoms with Crippen LogP contribution in [-0.4, -0.2) is 17.8 Å². The van der Waals surface area contributed by atoms with Gasteiger partial charge in [0.15, 0.2) is 0 Å². The molecule has 0 radical (unpaired) electrons. The summed E-state index contributed by atoms with van der Waals surface area (Å²) >= 11 is 6.25. The highest BCUT2D eigenvalue weighted by atomic mass is 35.5. The van der Waals surface area contributed by atoms with Crippen molar-refractivity contribution in [2.75, 3.05) is 0 Å². The van der Waals surface area contributed by atoms with E-state index in [0.717, 1.165) is 35.3 Å². The molecule has 0 aromatic heterocycles. The lowest BCUT2D eigenvalue weighted by Gasteiger charge is -2.31. The molecule has 1 heterocycles. The second-order valence-electron chi connectivity index (χ2n) is 7.22. The van der Waals surface area contributed by atoms with Gasteiger partial charge < -0.3 is 9.47 Å². The van der Waals surface area contributed by atoms with Crippen molar-refractivity contribution in [3.63, 3.8) is 0 Å². The van der Waals surface area contributed by atoms with E-state index in [9.17, 15) is 0 Å². The number of hydrogen-bond acceptors (Lipinski definition) is 2. The first-order valence-corrected chi connectivity index (χ1v) is 9.09. The third kappa shape index (κ3) is 2.07. The summed E-state index contributed by atoms with van der Waals surface area (Å²) in [6, 6.07) is 7.97. The molecule has 1 aliphatic heterocycles. The molecule has 1 aromatic carbocycles. The molecule has 5 unspecified atom stereocenters. The minimum absolute atomic E-state index is 0.118. The van der Waals surface area contributed by atoms with Crippen LogP contribution in [0.2, 0.25) is 5.02 Å². The minimum atomic E-state index is 0.118. The predicted octanol–water partition coefficient (Wildman–Crippen LogP) is 4.84. The van der Waals surface area contributed by atoms with Crippen molar-refractivity contribution in [1.29, 1.82) is 0 Å². The zero-order valence-corrected chi connectivity index (χ0v) is 14.2. The largest absolute Gasteiger partial charge is 0.370 e. The van der Waals surface area contributed by atoms with Gasteiger partial charge in [-0.2, -0.15) is 0 Å². The van der Waals surface area contributed by atoms with Crippen molar-refractivity contribution in [3.05, 3.63) is 34.9 Å². The zero-order valence-electron chi connectivity index (χ0n) is 13.4. The molecule has 120 valence electrons. The number of hydrogen-bond donors (Lipinski definition) is 0. The maximum absolute atomic E-state index is 6.60. The molecule has 3 fully saturated rings. The van der Waals surface area contributed by atoms with Crippen LogP contribution in [0.1, 0.15) is 45.1 Å². The molecule has 3 aliphatic rings. The van der Waals surface area contributed by atoms with E-state index in [2.05, 4.69) is 19.9 Å². The summed E-state index contributed by atoms with van der Waals surface area (Å²) in [5.74, 6) is 2.17. The maximum atomic E-state index is 6.60. The average Bonchev–Trinajstić information content (AvgIpc) is 3.15. The van der Waals surface area contributed by atoms with Gasteiger partial charge in [-0.3, -0.25) is 0 Å². The van der Waals surface area contributed by atoms with Crippen LogP contribution in [0, 0.1) is 17.8 Å². The molecule has 5 atom stereocenters. The normalized spacial score (nSPS) is 37.9. The van der Waals surface area contributed by atoms with Crippen LogP contribution in [0.25, 0.3) is 0 Å². The van der Waals surface area contributed by atoms with Crippen LogP contribution in [-0.2, 0) is 16.1 Å². The van der Waals surface area contributed by atoms with E-state index in [1.807, 2.05) is 18.2 Å². The van der Waals surface area contributed by atoms with Gasteiger partial charge in [0.25, 0.3) is 0 Å². The average molecular weight is 321 g/mol. The first-order valence-electron chi connectivity index (χ1n) is 8.71. The van der Waals surface area contributed by atoms with Gasteiger partial charge in [-0.1, -0.05) is 43.6 Å². The molecule has 0 spiro atoms. The summed E-state index contributed by atoms with van der Waals surface area (Å²) < 4.78 is 12.9. The van der Waals surface area contributed by atoms with Crippen molar-refractivity contribution >= 4 is 11.6 Å². The van der Waals surface area contributed by atoms with Crippen molar-refractivity contribution in [2.24, 2.45) is 17.8 Å². The Hall–Kier alpha value is -0.570. The lowest BCUT2D eigenvalue weighted by molar-refractivity contribution is -0.111. The monoisotopic (exact) mass is 320 g/mol. The Bertz CT molecular complexity index is 554. The van der Waals surface area contributed by atoms with Crippen molar-refractivity contribution in [1.82, 2.24) is 0 Å². The smallest absolute Gasteiger partial charge is 0.0879 e. The molecule has 2 saturated carbocycles. The molecule has 22 heavy (non-hydrogen) atoms. The molecule has 1 aromatic rings. The second kappa shape index (κ2) is 5.51. The van der Waals surface area contributed by atoms with Crippen molar-refractivity contribution in [2.45, 2.75) is 63.9 Å². The van der Waals surface area contributed by atoms with Crippen molar-refractivity contribution < 1.29 is 9.47 Å². The summed E-state index contributed by atoms with van der Waals surface area (Å²) in [5.41, 5.74) is 1.20. The Morgan fingerprint density at radius 2 is 2.00 bits per heavy atom. The summed E-state index contributed by atoms with van der Waals surface area (Å²) in [5, 5.41) is 0.798. The number of ether oxygens (including phenoxy) is 2. The molecule has 3 heteroatoms. The summed E-state index contributed by atoms with van der Waals surface area (Å²) in [6.07, 6.45) is 5.42. The summed E-state index contributed by atoms with van der Waals surface area (Å²) in [4.78, 5) is 0. The topological polar surface area (TPSA) is 18.5 Å². The Morgan fingerprint density at radius 1 is 1.23 bits per heavy atom. The van der Waals surface area contributed by atoms with E-state index >= 15 is 0 Å². The number of fused-ring (bicyclic) bond motifs is 1. The highest BCUT2D eigenvalue weighted by molar-refractivity contribution is 6.31. The Kier molecular flexibility index (Phi) is 3.75. The molecule has 2 bridgehead atoms. The van der Waals surface area contributed by atoms with Crippen LogP contribution in [0.5, 0.6) is 0 Å². The van der Waals surface area contributed by atoms with Crippen LogP contribution in [0.4, 0.5) is 0 Å². The molecular weight excluding hydrogens is 296 g/mol. The Balaban J connectivity index is 1.49. The van der Waals surface area contributed by atoms with Gasteiger partial charge in [-0.05, 0) is 55.1 Å². The molecule has 0 amide bonds. The van der Waals surface area contributed by atoms with Gasteiger partial charge in [0.05, 0.1) is 24.4 Å². The minimum Gasteiger partial charge on any atom is -0.370 e. The van der Waals surface area contributed by atoms with E-state index < -0.39 is 0 Å². The third-order valence-electron chi connectivity index (χ3n) is 6.49. The summed E-state index contributed by atoms with van der Waals surface area (Å²) in [6.45, 7) is 5.16. The van der Waals surface area contributed by atoms with Crippen LogP contribution < -0.4 is 0 Å². The van der Waals surface area contributed by atoms with E-state index in [1.54, 1.807) is 0 Å². The van der Waals surface area contributed by atoms with E-state index in [0.29, 0.717) is 18.6 Å². The Morgan fingerprint density at radius 3 is 2.73 bits per heavy atom. The maximum Gasteiger partial charge on any atom is 0.0879 e. The third-order valence-corrected chi connectivity index (χ3v) is 6.86. The van der Waals surface area contributed by atoms with E-state index in [-0.39, 0.29) is 11.7 Å². The zero-order chi connectivity index (χ0) is 15.3. The lowest BCUT2D eigenvalue weighted by Crippen LogP contribution is -2.34. The second-order valence-corrected chi connectivity index (χ2v) is 7.63. The lowest BCUT2D eigenvalue weighted by atomic mass is 9.75. The fraction of sp³-hybridized carbons (Fsp3) is 0.684. The number of benzene rings is 1. The summed E-state index contributed by atoms with van der Waals surface area (Å²) in [7, 11) is 0. The molecule has 4 rings (SSSR count). The fourth-order valence-electron chi connectivity index (χ4n) is 5.35. The highest BCUT2D eigenvalue weighted by Gasteiger charge is 2.65. The van der Waals surface area contributed by atoms with Crippen LogP contribution in [0.15, 0.2) is 24.3 Å². The van der Waals surface area contributed by atoms with Crippen LogP contribution in [0.3, 0.4) is 0 Å². The first-order chi connectivity index (χ1) is 10.7. The van der Waals surface area contributed by atoms with Crippen molar-refractivity contribution in [3.8, 4) is 0 Å². The molecule has 2 aliphatic carbocycles. The number of halogens is 1. The Labute approximate surface area is 138 Å². The van der Waals surface area contributed by atoms with Gasteiger partial charge >= 0.3 is 0 Å². The SMILES string of the molecule is CCC1(CC)OC2C3CC(CC31)C2OCc1ccccc1Cl. The number of rotatable bonds is 5. The molecule has 0 N–H and O–H groups in total. The molecule has 1 saturated heterocycles.